The third kappa shape index (κ3) is 3.42. The van der Waals surface area contributed by atoms with Crippen LogP contribution >= 0.6 is 0 Å². The average Bonchev–Trinajstić information content (AvgIpc) is 2.45. The van der Waals surface area contributed by atoms with E-state index in [1.165, 1.54) is 18.2 Å². The molecule has 0 heterocycles. The maximum atomic E-state index is 13.4. The van der Waals surface area contributed by atoms with Crippen molar-refractivity contribution in [1.29, 1.82) is 0 Å². The number of nitro benzene ring substituents is 1. The third-order valence-corrected chi connectivity index (χ3v) is 2.70. The lowest BCUT2D eigenvalue weighted by Crippen LogP contribution is -2.10. The van der Waals surface area contributed by atoms with Gasteiger partial charge in [-0.3, -0.25) is 16.0 Å². The Hall–Kier alpha value is -2.74. The number of hydrogen-bond donors (Lipinski definition) is 2. The largest absolute Gasteiger partial charge is 0.486 e. The zero-order chi connectivity index (χ0) is 15.4. The molecule has 0 aliphatic heterocycles. The Kier molecular flexibility index (Phi) is 4.29. The van der Waals surface area contributed by atoms with Crippen LogP contribution in [0.25, 0.3) is 0 Å². The first-order valence-electron chi connectivity index (χ1n) is 5.83. The average molecular weight is 295 g/mol. The molecule has 0 spiro atoms. The van der Waals surface area contributed by atoms with Crippen molar-refractivity contribution < 1.29 is 18.4 Å². The second kappa shape index (κ2) is 6.14. The Morgan fingerprint density at radius 3 is 2.62 bits per heavy atom. The molecular weight excluding hydrogens is 284 g/mol. The fourth-order valence-corrected chi connectivity index (χ4v) is 1.70. The monoisotopic (exact) mass is 295 g/mol. The topological polar surface area (TPSA) is 90.4 Å². The highest BCUT2D eigenvalue weighted by molar-refractivity contribution is 5.62. The molecule has 3 N–H and O–H groups in total. The summed E-state index contributed by atoms with van der Waals surface area (Å²) in [6, 6.07) is 7.08. The van der Waals surface area contributed by atoms with E-state index in [9.17, 15) is 18.9 Å². The van der Waals surface area contributed by atoms with Gasteiger partial charge in [0.15, 0.2) is 11.6 Å². The number of ether oxygens (including phenoxy) is 1. The van der Waals surface area contributed by atoms with E-state index >= 15 is 0 Å². The van der Waals surface area contributed by atoms with Gasteiger partial charge in [-0.1, -0.05) is 0 Å². The number of hydrazine groups is 1. The molecule has 0 atom stereocenters. The Morgan fingerprint density at radius 1 is 1.24 bits per heavy atom. The van der Waals surface area contributed by atoms with Crippen LogP contribution < -0.4 is 16.0 Å². The second-order valence-corrected chi connectivity index (χ2v) is 4.12. The number of benzene rings is 2. The van der Waals surface area contributed by atoms with Crippen LogP contribution in [0, 0.1) is 21.7 Å². The van der Waals surface area contributed by atoms with Crippen LogP contribution in [0.15, 0.2) is 36.4 Å². The summed E-state index contributed by atoms with van der Waals surface area (Å²) < 4.78 is 31.3. The molecule has 21 heavy (non-hydrogen) atoms. The molecule has 0 fully saturated rings. The molecule has 6 nitrogen and oxygen atoms in total. The summed E-state index contributed by atoms with van der Waals surface area (Å²) in [5.41, 5.74) is 2.68. The maximum Gasteiger partial charge on any atom is 0.293 e. The first kappa shape index (κ1) is 14.7. The van der Waals surface area contributed by atoms with Gasteiger partial charge < -0.3 is 10.2 Å². The van der Waals surface area contributed by atoms with Crippen LogP contribution in [0.3, 0.4) is 0 Å². The molecule has 2 rings (SSSR count). The van der Waals surface area contributed by atoms with E-state index in [1.807, 2.05) is 0 Å². The SMILES string of the molecule is NNc1cc(COc2ccc(F)cc2F)ccc1[N+](=O)[O-]. The van der Waals surface area contributed by atoms with Gasteiger partial charge in [0.25, 0.3) is 5.69 Å². The molecule has 0 radical (unpaired) electrons. The van der Waals surface area contributed by atoms with Gasteiger partial charge in [-0.25, -0.2) is 8.78 Å². The Morgan fingerprint density at radius 2 is 2.00 bits per heavy atom. The van der Waals surface area contributed by atoms with E-state index in [2.05, 4.69) is 5.43 Å². The Balaban J connectivity index is 2.15. The van der Waals surface area contributed by atoms with E-state index in [-0.39, 0.29) is 23.7 Å². The van der Waals surface area contributed by atoms with Crippen LogP contribution in [0.4, 0.5) is 20.2 Å². The van der Waals surface area contributed by atoms with Crippen molar-refractivity contribution in [3.63, 3.8) is 0 Å². The summed E-state index contributed by atoms with van der Waals surface area (Å²) in [6.07, 6.45) is 0. The Labute approximate surface area is 118 Å². The van der Waals surface area contributed by atoms with E-state index in [0.29, 0.717) is 11.6 Å². The van der Waals surface area contributed by atoms with Crippen molar-refractivity contribution in [3.8, 4) is 5.75 Å². The molecule has 0 aliphatic rings. The molecular formula is C13H11F2N3O3. The molecule has 0 bridgehead atoms. The third-order valence-electron chi connectivity index (χ3n) is 2.70. The van der Waals surface area contributed by atoms with Gasteiger partial charge in [-0.15, -0.1) is 0 Å². The molecule has 0 aliphatic carbocycles. The lowest BCUT2D eigenvalue weighted by atomic mass is 10.2. The van der Waals surface area contributed by atoms with Gasteiger partial charge in [-0.05, 0) is 29.8 Å². The van der Waals surface area contributed by atoms with Crippen LogP contribution in [-0.2, 0) is 6.61 Å². The van der Waals surface area contributed by atoms with Crippen molar-refractivity contribution in [2.75, 3.05) is 5.43 Å². The van der Waals surface area contributed by atoms with E-state index in [0.717, 1.165) is 12.1 Å². The summed E-state index contributed by atoms with van der Waals surface area (Å²) in [7, 11) is 0. The predicted molar refractivity (Wildman–Crippen MR) is 71.6 cm³/mol. The fourth-order valence-electron chi connectivity index (χ4n) is 1.70. The van der Waals surface area contributed by atoms with Crippen molar-refractivity contribution in [1.82, 2.24) is 0 Å². The van der Waals surface area contributed by atoms with E-state index < -0.39 is 16.6 Å². The summed E-state index contributed by atoms with van der Waals surface area (Å²) in [6.45, 7) is -0.0464. The highest BCUT2D eigenvalue weighted by Gasteiger charge is 2.13. The standard InChI is InChI=1S/C13H11F2N3O3/c14-9-2-4-13(10(15)6-9)21-7-8-1-3-12(18(19)20)11(5-8)17-16/h1-6,17H,7,16H2. The fraction of sp³-hybridized carbons (Fsp3) is 0.0769. The van der Waals surface area contributed by atoms with Gasteiger partial charge in [0.05, 0.1) is 4.92 Å². The van der Waals surface area contributed by atoms with Crippen molar-refractivity contribution >= 4 is 11.4 Å². The lowest BCUT2D eigenvalue weighted by Gasteiger charge is -2.09. The number of nitro groups is 1. The lowest BCUT2D eigenvalue weighted by molar-refractivity contribution is -0.384. The number of nitrogens with two attached hydrogens (primary N) is 1. The number of hydrogen-bond acceptors (Lipinski definition) is 5. The molecule has 2 aromatic rings. The molecule has 0 amide bonds. The van der Waals surface area contributed by atoms with E-state index in [1.54, 1.807) is 0 Å². The number of nitrogens with one attached hydrogen (secondary N) is 1. The molecule has 110 valence electrons. The maximum absolute atomic E-state index is 13.4. The van der Waals surface area contributed by atoms with Crippen molar-refractivity contribution in [3.05, 3.63) is 63.7 Å². The van der Waals surface area contributed by atoms with Crippen molar-refractivity contribution in [2.45, 2.75) is 6.61 Å². The Bertz CT molecular complexity index is 680. The van der Waals surface area contributed by atoms with Crippen molar-refractivity contribution in [2.24, 2.45) is 5.84 Å². The smallest absolute Gasteiger partial charge is 0.293 e. The van der Waals surface area contributed by atoms with Gasteiger partial charge in [0.2, 0.25) is 0 Å². The minimum absolute atomic E-state index is 0.0464. The number of halogens is 2. The van der Waals surface area contributed by atoms with Crippen LogP contribution in [0.5, 0.6) is 5.75 Å². The number of rotatable bonds is 5. The first-order valence-corrected chi connectivity index (χ1v) is 5.83. The molecule has 8 heteroatoms. The van der Waals surface area contributed by atoms with Gasteiger partial charge >= 0.3 is 0 Å². The minimum Gasteiger partial charge on any atom is -0.486 e. The first-order chi connectivity index (χ1) is 10.0. The zero-order valence-electron chi connectivity index (χ0n) is 10.7. The molecule has 0 unspecified atom stereocenters. The van der Waals surface area contributed by atoms with Gasteiger partial charge in [-0.2, -0.15) is 0 Å². The second-order valence-electron chi connectivity index (χ2n) is 4.12. The molecule has 2 aromatic carbocycles. The van der Waals surface area contributed by atoms with Crippen LogP contribution in [0.2, 0.25) is 0 Å². The molecule has 0 saturated carbocycles. The van der Waals surface area contributed by atoms with Crippen LogP contribution in [0.1, 0.15) is 5.56 Å². The van der Waals surface area contributed by atoms with Gasteiger partial charge in [0, 0.05) is 12.1 Å². The number of anilines is 1. The highest BCUT2D eigenvalue weighted by Crippen LogP contribution is 2.25. The van der Waals surface area contributed by atoms with Crippen LogP contribution in [-0.4, -0.2) is 4.92 Å². The summed E-state index contributed by atoms with van der Waals surface area (Å²) in [5, 5.41) is 10.7. The minimum atomic E-state index is -0.825. The van der Waals surface area contributed by atoms with E-state index in [4.69, 9.17) is 10.6 Å². The normalized spacial score (nSPS) is 10.2. The molecule has 0 aromatic heterocycles. The number of nitrogen functional groups attached to an aromatic ring is 1. The zero-order valence-corrected chi connectivity index (χ0v) is 10.7. The quantitative estimate of drug-likeness (QED) is 0.503. The summed E-state index contributed by atoms with van der Waals surface area (Å²) in [4.78, 5) is 10.2. The highest BCUT2D eigenvalue weighted by atomic mass is 19.1. The molecule has 0 saturated heterocycles. The van der Waals surface area contributed by atoms with Gasteiger partial charge in [0.1, 0.15) is 18.1 Å². The predicted octanol–water partition coefficient (Wildman–Crippen LogP) is 2.74. The summed E-state index contributed by atoms with van der Waals surface area (Å²) >= 11 is 0. The summed E-state index contributed by atoms with van der Waals surface area (Å²) in [5.74, 6) is 3.57. The number of nitrogens with zero attached hydrogens (tertiary/aromatic N) is 1.